The molecule has 0 unspecified atom stereocenters. The number of ketones is 2. The van der Waals surface area contributed by atoms with Crippen LogP contribution in [-0.4, -0.2) is 192 Å². The van der Waals surface area contributed by atoms with Crippen LogP contribution in [0.4, 0.5) is 4.39 Å². The van der Waals surface area contributed by atoms with Crippen molar-refractivity contribution in [1.29, 1.82) is 0 Å². The number of oxazole rings is 2. The average Bonchev–Trinajstić information content (AvgIpc) is 1.66. The minimum Gasteiger partial charge on any atom is -0.497 e. The number of hydrogen-bond donors (Lipinski definition) is 7. The van der Waals surface area contributed by atoms with E-state index in [9.17, 15) is 54.8 Å². The summed E-state index contributed by atoms with van der Waals surface area (Å²) in [5, 5.41) is 15.6. The molecule has 7 aromatic rings. The van der Waals surface area contributed by atoms with Crippen LogP contribution in [0.2, 0.25) is 10.0 Å². The van der Waals surface area contributed by atoms with Crippen molar-refractivity contribution in [2.45, 2.75) is 146 Å². The molecule has 0 bridgehead atoms. The molecule has 4 fully saturated rings. The molecule has 0 saturated carbocycles. The molecule has 8 atom stereocenters. The first-order valence-corrected chi connectivity index (χ1v) is 40.0. The third-order valence-corrected chi connectivity index (χ3v) is 21.1. The van der Waals surface area contributed by atoms with E-state index >= 15 is 0 Å². The van der Waals surface area contributed by atoms with Crippen molar-refractivity contribution in [3.8, 4) is 5.75 Å². The zero-order chi connectivity index (χ0) is 75.7. The number of nitrogens with one attached hydrogen (secondary N) is 7. The van der Waals surface area contributed by atoms with Crippen LogP contribution in [0.25, 0.3) is 22.2 Å². The van der Waals surface area contributed by atoms with Crippen LogP contribution in [0.1, 0.15) is 116 Å². The van der Waals surface area contributed by atoms with Crippen LogP contribution < -0.4 is 40.8 Å². The van der Waals surface area contributed by atoms with E-state index in [0.29, 0.717) is 69.8 Å². The van der Waals surface area contributed by atoms with Gasteiger partial charge in [-0.3, -0.25) is 33.6 Å². The summed E-state index contributed by atoms with van der Waals surface area (Å²) in [7, 11) is -6.10. The molecule has 106 heavy (non-hydrogen) atoms. The van der Waals surface area contributed by atoms with E-state index in [2.05, 4.69) is 46.0 Å². The van der Waals surface area contributed by atoms with Gasteiger partial charge in [0.2, 0.25) is 61.1 Å². The second-order valence-electron chi connectivity index (χ2n) is 27.2. The standard InChI is InChI=1S/C39H45ClFN5O8S.C35H45ClN6O8S/c1-52-28-12-7-25(8-13-28)19-33(36(47)38-44-31-5-3-4-6-35(31)54-38)43-37(48)34-21-29(53-23-26-10-11-27(40)20-30(26)41)22-46(34)39(49)32(45-55(2,50)51)14-9-24-15-17-42-18-16-24;1-3-38-31(43)19-28(32(44)34-40-26-6-4-5-7-30(26)50-34)39-33(45)29-18-25(49-21-23-8-11-24(36)12-9-23)20-42(29)35(46)27(41-51(2,47)48)13-10-22-14-16-37-17-15-22/h3-8,10-13,20,24,29,32-34,42,45H,9,14-19,21-23H2,1-2H3,(H,43,48);4-9,11-12,22,25,27-29,37,41H,3,10,13-21H2,1-2H3,(H,38,43)(H,39,45)/t29-,32-,33+,34+;25-,27-,28+,29+/m11/s1. The van der Waals surface area contributed by atoms with Gasteiger partial charge in [-0.15, -0.1) is 0 Å². The Balaban J connectivity index is 0.000000228. The van der Waals surface area contributed by atoms with Gasteiger partial charge in [0, 0.05) is 54.5 Å². The number of aromatic nitrogens is 2. The number of rotatable bonds is 32. The predicted molar refractivity (Wildman–Crippen MR) is 394 cm³/mol. The number of hydrogen-bond acceptors (Lipinski definition) is 20. The molecule has 0 spiro atoms. The molecule has 2 aromatic heterocycles. The fraction of sp³-hybridized carbons (Fsp3) is 0.473. The Morgan fingerprint density at radius 2 is 1.07 bits per heavy atom. The zero-order valence-electron chi connectivity index (χ0n) is 59.4. The summed E-state index contributed by atoms with van der Waals surface area (Å²) >= 11 is 12.0. The number of nitrogens with zero attached hydrogens (tertiary/aromatic N) is 4. The van der Waals surface area contributed by atoms with E-state index in [-0.39, 0.29) is 80.8 Å². The topological polar surface area (TPSA) is 358 Å². The van der Waals surface area contributed by atoms with E-state index in [1.807, 2.05) is 0 Å². The maximum absolute atomic E-state index is 14.7. The van der Waals surface area contributed by atoms with Crippen LogP contribution in [0, 0.1) is 17.7 Å². The van der Waals surface area contributed by atoms with Gasteiger partial charge in [0.1, 0.15) is 58.9 Å². The van der Waals surface area contributed by atoms with Crippen molar-refractivity contribution < 1.29 is 77.8 Å². The number of halogens is 3. The maximum atomic E-state index is 14.7. The molecule has 570 valence electrons. The lowest BCUT2D eigenvalue weighted by molar-refractivity contribution is -0.140. The molecule has 0 aliphatic carbocycles. The number of carbonyl (C=O) groups is 7. The number of piperidine rings is 2. The first kappa shape index (κ1) is 80.2. The van der Waals surface area contributed by atoms with Crippen molar-refractivity contribution >= 4 is 107 Å². The number of ether oxygens (including phenoxy) is 3. The van der Waals surface area contributed by atoms with Gasteiger partial charge >= 0.3 is 0 Å². The fourth-order valence-electron chi connectivity index (χ4n) is 13.6. The summed E-state index contributed by atoms with van der Waals surface area (Å²) in [6.07, 6.45) is 5.68. The summed E-state index contributed by atoms with van der Waals surface area (Å²) in [6.45, 7) is 5.34. The van der Waals surface area contributed by atoms with Crippen LogP contribution in [-0.2, 0) is 73.1 Å². The fourth-order valence-corrected chi connectivity index (χ4v) is 15.4. The molecule has 6 heterocycles. The van der Waals surface area contributed by atoms with Gasteiger partial charge in [-0.05, 0) is 168 Å². The van der Waals surface area contributed by atoms with Gasteiger partial charge in [0.05, 0.1) is 51.5 Å². The average molecular weight is 1540 g/mol. The van der Waals surface area contributed by atoms with Crippen molar-refractivity contribution in [2.75, 3.05) is 65.4 Å². The first-order valence-electron chi connectivity index (χ1n) is 35.4. The number of amides is 5. The largest absolute Gasteiger partial charge is 0.497 e. The van der Waals surface area contributed by atoms with Gasteiger partial charge in [0.25, 0.3) is 11.8 Å². The quantitative estimate of drug-likeness (QED) is 0.0209. The number of benzene rings is 5. The van der Waals surface area contributed by atoms with Crippen LogP contribution in [0.15, 0.2) is 124 Å². The minimum absolute atomic E-state index is 0.000136. The number of likely N-dealkylation sites (tertiary alicyclic amines) is 2. The molecule has 4 aliphatic heterocycles. The summed E-state index contributed by atoms with van der Waals surface area (Å²) in [5.41, 5.74) is 3.44. The van der Waals surface area contributed by atoms with Gasteiger partial charge in [-0.25, -0.2) is 40.6 Å². The summed E-state index contributed by atoms with van der Waals surface area (Å²) < 4.78 is 98.6. The number of sulfonamides is 2. The SMILES string of the molecule is CCNC(=O)C[C@H](NC(=O)[C@@H]1C[C@@H](OCc2ccc(Cl)cc2)CN1C(=O)[C@@H](CCC1CCNCC1)NS(C)(=O)=O)C(=O)c1nc2ccccc2o1.COc1ccc(C[C@H](NC(=O)[C@@H]2C[C@@H](OCc3ccc(Cl)cc3F)CN2C(=O)[C@@H](CCC2CCNCC2)NS(C)(=O)=O)C(=O)c2nc3ccccc3o2)cc1. The smallest absolute Gasteiger partial charge is 0.266 e. The predicted octanol–water partition coefficient (Wildman–Crippen LogP) is 6.98. The molecule has 4 aliphatic rings. The van der Waals surface area contributed by atoms with Crippen LogP contribution >= 0.6 is 23.2 Å². The second kappa shape index (κ2) is 37.5. The lowest BCUT2D eigenvalue weighted by Crippen LogP contribution is -2.55. The highest BCUT2D eigenvalue weighted by molar-refractivity contribution is 7.89. The molecule has 0 radical (unpaired) electrons. The third kappa shape index (κ3) is 22.9. The zero-order valence-corrected chi connectivity index (χ0v) is 62.5. The van der Waals surface area contributed by atoms with E-state index in [0.717, 1.165) is 69.9 Å². The highest BCUT2D eigenvalue weighted by atomic mass is 35.5. The number of fused-ring (bicyclic) bond motifs is 2. The van der Waals surface area contributed by atoms with Crippen molar-refractivity contribution in [1.82, 2.24) is 55.8 Å². The lowest BCUT2D eigenvalue weighted by Gasteiger charge is -2.30. The maximum Gasteiger partial charge on any atom is 0.266 e. The van der Waals surface area contributed by atoms with Crippen molar-refractivity contribution in [3.05, 3.63) is 160 Å². The molecule has 7 N–H and O–H groups in total. The van der Waals surface area contributed by atoms with Crippen LogP contribution in [0.3, 0.4) is 0 Å². The van der Waals surface area contributed by atoms with Crippen molar-refractivity contribution in [2.24, 2.45) is 11.8 Å². The first-order chi connectivity index (χ1) is 50.8. The summed E-state index contributed by atoms with van der Waals surface area (Å²) in [4.78, 5) is 109. The molecule has 5 aromatic carbocycles. The third-order valence-electron chi connectivity index (χ3n) is 19.2. The highest BCUT2D eigenvalue weighted by Gasteiger charge is 2.46. The Labute approximate surface area is 624 Å². The molecule has 32 heteroatoms. The van der Waals surface area contributed by atoms with E-state index < -0.39 is 122 Å². The van der Waals surface area contributed by atoms with Gasteiger partial charge in [0.15, 0.2) is 11.2 Å². The number of para-hydroxylation sites is 4. The Hall–Kier alpha value is -8.30. The minimum atomic E-state index is -3.83. The highest BCUT2D eigenvalue weighted by Crippen LogP contribution is 2.31. The van der Waals surface area contributed by atoms with E-state index in [4.69, 9.17) is 46.2 Å². The van der Waals surface area contributed by atoms with Gasteiger partial charge in [-0.2, -0.15) is 0 Å². The molecule has 11 rings (SSSR count). The summed E-state index contributed by atoms with van der Waals surface area (Å²) in [6, 6.07) is 24.9. The van der Waals surface area contributed by atoms with Crippen molar-refractivity contribution in [3.63, 3.8) is 0 Å². The van der Waals surface area contributed by atoms with Gasteiger partial charge < -0.3 is 59.4 Å². The molecular formula is C74H90Cl2FN11O16S2. The Kier molecular flexibility index (Phi) is 28.4. The Bertz CT molecular complexity index is 4380. The molecule has 27 nitrogen and oxygen atoms in total. The molecule has 5 amide bonds. The summed E-state index contributed by atoms with van der Waals surface area (Å²) in [5.74, 6) is -4.10. The normalized spacial score (nSPS) is 19.2. The van der Waals surface area contributed by atoms with Crippen LogP contribution in [0.5, 0.6) is 5.75 Å². The lowest BCUT2D eigenvalue weighted by atomic mass is 9.91. The Morgan fingerprint density at radius 1 is 0.604 bits per heavy atom. The second-order valence-corrected chi connectivity index (χ2v) is 31.6. The molecular weight excluding hydrogens is 1450 g/mol. The van der Waals surface area contributed by atoms with E-state index in [1.54, 1.807) is 104 Å². The molecule has 4 saturated heterocycles. The Morgan fingerprint density at radius 3 is 1.54 bits per heavy atom. The number of Topliss-reactive ketones (excluding diaryl/α,β-unsaturated/α-hetero) is 2. The number of methoxy groups -OCH3 is 1. The monoisotopic (exact) mass is 1540 g/mol. The van der Waals surface area contributed by atoms with E-state index in [1.165, 1.54) is 35.1 Å². The van der Waals surface area contributed by atoms with Gasteiger partial charge in [-0.1, -0.05) is 77.8 Å². The number of carbonyl (C=O) groups excluding carboxylic acids is 7.